The third-order valence-electron chi connectivity index (χ3n) is 5.88. The van der Waals surface area contributed by atoms with Gasteiger partial charge in [-0.25, -0.2) is 9.78 Å². The van der Waals surface area contributed by atoms with E-state index >= 15 is 0 Å². The molecule has 8 heteroatoms. The predicted molar refractivity (Wildman–Crippen MR) is 123 cm³/mol. The Labute approximate surface area is 180 Å². The van der Waals surface area contributed by atoms with E-state index in [1.165, 1.54) is 0 Å². The van der Waals surface area contributed by atoms with Gasteiger partial charge in [0.1, 0.15) is 16.8 Å². The van der Waals surface area contributed by atoms with E-state index < -0.39 is 16.7 Å². The predicted octanol–water partition coefficient (Wildman–Crippen LogP) is 3.50. The Balaban J connectivity index is 1.86. The van der Waals surface area contributed by atoms with E-state index in [-0.39, 0.29) is 6.04 Å². The smallest absolute Gasteiger partial charge is 0.330 e. The van der Waals surface area contributed by atoms with Gasteiger partial charge in [-0.05, 0) is 24.8 Å². The molecule has 2 N–H and O–H groups in total. The van der Waals surface area contributed by atoms with E-state index in [9.17, 15) is 9.59 Å². The van der Waals surface area contributed by atoms with Gasteiger partial charge in [0, 0.05) is 18.5 Å². The maximum Gasteiger partial charge on any atom is 0.330 e. The van der Waals surface area contributed by atoms with E-state index in [1.807, 2.05) is 30.3 Å². The molecule has 1 aliphatic heterocycles. The minimum atomic E-state index is -0.697. The summed E-state index contributed by atoms with van der Waals surface area (Å²) in [6.07, 6.45) is 8.79. The quantitative estimate of drug-likeness (QED) is 0.553. The number of benzene rings is 1. The van der Waals surface area contributed by atoms with Crippen LogP contribution in [-0.4, -0.2) is 31.9 Å². The highest BCUT2D eigenvalue weighted by atomic mass is 16.2. The molecule has 2 aromatic heterocycles. The summed E-state index contributed by atoms with van der Waals surface area (Å²) in [7, 11) is 0. The average Bonchev–Trinajstić information content (AvgIpc) is 3.41. The fraction of sp³-hybridized carbons (Fsp3) is 0.435. The lowest BCUT2D eigenvalue weighted by Gasteiger charge is -2.20. The van der Waals surface area contributed by atoms with E-state index in [1.54, 1.807) is 17.0 Å². The van der Waals surface area contributed by atoms with Crippen LogP contribution < -0.4 is 11.2 Å². The van der Waals surface area contributed by atoms with Gasteiger partial charge in [-0.2, -0.15) is 10.2 Å². The molecule has 1 aromatic carbocycles. The van der Waals surface area contributed by atoms with Crippen LogP contribution in [0.1, 0.15) is 63.4 Å². The Morgan fingerprint density at radius 2 is 1.74 bits per heavy atom. The third-order valence-corrected chi connectivity index (χ3v) is 5.88. The molecule has 1 aliphatic rings. The number of imidazole rings is 1. The number of hydrogen-bond donors (Lipinski definition) is 2. The number of aromatic amines is 2. The molecular formula is C23H28N6O2. The number of nitrogens with one attached hydrogen (secondary N) is 2. The normalized spacial score (nSPS) is 15.7. The zero-order chi connectivity index (χ0) is 21.8. The molecule has 4 rings (SSSR count). The second-order valence-corrected chi connectivity index (χ2v) is 8.19. The molecule has 3 aromatic rings. The minimum Gasteiger partial charge on any atom is -0.335 e. The van der Waals surface area contributed by atoms with E-state index in [0.29, 0.717) is 23.4 Å². The van der Waals surface area contributed by atoms with Crippen molar-refractivity contribution in [2.75, 3.05) is 0 Å². The van der Waals surface area contributed by atoms with Gasteiger partial charge in [-0.1, -0.05) is 63.4 Å². The second-order valence-electron chi connectivity index (χ2n) is 8.19. The number of rotatable bonds is 9. The number of nitrogens with zero attached hydrogens (tertiary/aromatic N) is 4. The SMILES string of the molecule is CCCCC(CCC)n1c(=O)[nH]c(=O)c2[nH]c(C3(Cc4ccccc4)C=NN=C3)nc21. The molecule has 0 radical (unpaired) electrons. The van der Waals surface area contributed by atoms with Crippen molar-refractivity contribution in [3.63, 3.8) is 0 Å². The van der Waals surface area contributed by atoms with Crippen molar-refractivity contribution >= 4 is 23.6 Å². The first-order valence-electron chi connectivity index (χ1n) is 11.0. The van der Waals surface area contributed by atoms with Gasteiger partial charge in [0.05, 0.1) is 0 Å². The summed E-state index contributed by atoms with van der Waals surface area (Å²) < 4.78 is 1.66. The molecule has 1 unspecified atom stereocenters. The maximum atomic E-state index is 12.8. The van der Waals surface area contributed by atoms with Gasteiger partial charge in [0.2, 0.25) is 0 Å². The first kappa shape index (κ1) is 21.0. The lowest BCUT2D eigenvalue weighted by Crippen LogP contribution is -2.33. The zero-order valence-electron chi connectivity index (χ0n) is 18.0. The van der Waals surface area contributed by atoms with Crippen LogP contribution in [0.25, 0.3) is 11.2 Å². The largest absolute Gasteiger partial charge is 0.335 e. The Morgan fingerprint density at radius 1 is 1.00 bits per heavy atom. The summed E-state index contributed by atoms with van der Waals surface area (Å²) in [5.74, 6) is 0.562. The summed E-state index contributed by atoms with van der Waals surface area (Å²) in [5, 5.41) is 8.15. The molecule has 0 bridgehead atoms. The van der Waals surface area contributed by atoms with Crippen molar-refractivity contribution in [3.05, 3.63) is 62.6 Å². The molecule has 0 spiro atoms. The summed E-state index contributed by atoms with van der Waals surface area (Å²) in [6.45, 7) is 4.23. The topological polar surface area (TPSA) is 108 Å². The first-order chi connectivity index (χ1) is 15.1. The lowest BCUT2D eigenvalue weighted by molar-refractivity contribution is 0.410. The fourth-order valence-corrected chi connectivity index (χ4v) is 4.28. The average molecular weight is 421 g/mol. The van der Waals surface area contributed by atoms with Gasteiger partial charge in [0.25, 0.3) is 5.56 Å². The highest BCUT2D eigenvalue weighted by molar-refractivity contribution is 5.99. The Hall–Kier alpha value is -3.29. The molecule has 8 nitrogen and oxygen atoms in total. The highest BCUT2D eigenvalue weighted by Crippen LogP contribution is 2.28. The lowest BCUT2D eigenvalue weighted by atomic mass is 9.83. The third kappa shape index (κ3) is 4.02. The zero-order valence-corrected chi connectivity index (χ0v) is 18.0. The number of H-pyrrole nitrogens is 2. The summed E-state index contributed by atoms with van der Waals surface area (Å²) in [5.41, 5.74) is 0.254. The molecule has 3 heterocycles. The van der Waals surface area contributed by atoms with E-state index in [4.69, 9.17) is 4.98 Å². The van der Waals surface area contributed by atoms with Crippen LogP contribution in [0.2, 0.25) is 0 Å². The van der Waals surface area contributed by atoms with Crippen LogP contribution in [-0.2, 0) is 11.8 Å². The van der Waals surface area contributed by atoms with E-state index in [0.717, 1.165) is 37.7 Å². The number of fused-ring (bicyclic) bond motifs is 1. The van der Waals surface area contributed by atoms with Crippen LogP contribution in [0.3, 0.4) is 0 Å². The van der Waals surface area contributed by atoms with Gasteiger partial charge < -0.3 is 4.98 Å². The first-order valence-corrected chi connectivity index (χ1v) is 11.0. The van der Waals surface area contributed by atoms with Crippen molar-refractivity contribution < 1.29 is 0 Å². The van der Waals surface area contributed by atoms with Crippen molar-refractivity contribution in [1.29, 1.82) is 0 Å². The molecule has 31 heavy (non-hydrogen) atoms. The van der Waals surface area contributed by atoms with Crippen LogP contribution in [0.4, 0.5) is 0 Å². The highest BCUT2D eigenvalue weighted by Gasteiger charge is 2.36. The Morgan fingerprint density at radius 3 is 2.42 bits per heavy atom. The summed E-state index contributed by atoms with van der Waals surface area (Å²) in [6, 6.07) is 10.00. The summed E-state index contributed by atoms with van der Waals surface area (Å²) in [4.78, 5) is 35.9. The van der Waals surface area contributed by atoms with Crippen molar-refractivity contribution in [1.82, 2.24) is 19.5 Å². The maximum absolute atomic E-state index is 12.8. The minimum absolute atomic E-state index is 0.0102. The monoisotopic (exact) mass is 420 g/mol. The molecule has 0 saturated carbocycles. The van der Waals surface area contributed by atoms with Crippen LogP contribution >= 0.6 is 0 Å². The van der Waals surface area contributed by atoms with Gasteiger partial charge in [-0.3, -0.25) is 14.3 Å². The molecule has 162 valence electrons. The molecule has 0 amide bonds. The summed E-state index contributed by atoms with van der Waals surface area (Å²) >= 11 is 0. The number of aromatic nitrogens is 4. The van der Waals surface area contributed by atoms with E-state index in [2.05, 4.69) is 34.0 Å². The van der Waals surface area contributed by atoms with Crippen molar-refractivity contribution in [2.45, 2.75) is 63.8 Å². The van der Waals surface area contributed by atoms with Crippen LogP contribution in [0.5, 0.6) is 0 Å². The van der Waals surface area contributed by atoms with Crippen molar-refractivity contribution in [2.24, 2.45) is 10.2 Å². The number of hydrogen-bond acceptors (Lipinski definition) is 5. The molecule has 1 atom stereocenters. The molecule has 0 saturated heterocycles. The Kier molecular flexibility index (Phi) is 5.97. The van der Waals surface area contributed by atoms with Gasteiger partial charge >= 0.3 is 5.69 Å². The molecule has 0 aliphatic carbocycles. The van der Waals surface area contributed by atoms with Gasteiger partial charge in [0.15, 0.2) is 5.65 Å². The van der Waals surface area contributed by atoms with Crippen LogP contribution in [0.15, 0.2) is 50.1 Å². The second kappa shape index (κ2) is 8.83. The number of unbranched alkanes of at least 4 members (excludes halogenated alkanes) is 1. The van der Waals surface area contributed by atoms with Crippen LogP contribution in [0, 0.1) is 0 Å². The Bertz CT molecular complexity index is 1210. The van der Waals surface area contributed by atoms with Crippen molar-refractivity contribution in [3.8, 4) is 0 Å². The standard InChI is InChI=1S/C23H28N6O2/c1-3-5-12-17(9-4-2)29-19-18(20(30)28-22(29)31)26-21(27-19)23(14-24-25-15-23)13-16-10-7-6-8-11-16/h6-8,10-11,14-15,17H,3-5,9,12-13H2,1-2H3,(H,26,27)(H,28,30,31). The fourth-order valence-electron chi connectivity index (χ4n) is 4.28. The molecular weight excluding hydrogens is 392 g/mol. The van der Waals surface area contributed by atoms with Gasteiger partial charge in [-0.15, -0.1) is 0 Å². The molecule has 0 fully saturated rings.